The largest absolute Gasteiger partial charge is 0.508 e. The lowest BCUT2D eigenvalue weighted by atomic mass is 9.96. The van der Waals surface area contributed by atoms with Crippen LogP contribution >= 0.6 is 11.8 Å². The highest BCUT2D eigenvalue weighted by molar-refractivity contribution is 7.99. The third-order valence-electron chi connectivity index (χ3n) is 4.97. The number of hydrogen-bond acceptors (Lipinski definition) is 4. The second kappa shape index (κ2) is 7.10. The van der Waals surface area contributed by atoms with Crippen molar-refractivity contribution in [1.29, 1.82) is 0 Å². The topological polar surface area (TPSA) is 52.6 Å². The van der Waals surface area contributed by atoms with Crippen LogP contribution in [0.15, 0.2) is 58.3 Å². The lowest BCUT2D eigenvalue weighted by Gasteiger charge is -2.30. The highest BCUT2D eigenvalue weighted by Gasteiger charge is 2.32. The maximum Gasteiger partial charge on any atom is 0.251 e. The van der Waals surface area contributed by atoms with E-state index in [0.717, 1.165) is 28.7 Å². The van der Waals surface area contributed by atoms with Crippen molar-refractivity contribution in [2.24, 2.45) is 5.92 Å². The fourth-order valence-electron chi connectivity index (χ4n) is 3.79. The highest BCUT2D eigenvalue weighted by atomic mass is 32.2. The molecule has 0 radical (unpaired) electrons. The Kier molecular flexibility index (Phi) is 4.68. The molecule has 2 aliphatic heterocycles. The van der Waals surface area contributed by atoms with Crippen molar-refractivity contribution in [2.45, 2.75) is 28.7 Å². The van der Waals surface area contributed by atoms with Gasteiger partial charge in [-0.05, 0) is 67.8 Å². The predicted molar refractivity (Wildman–Crippen MR) is 99.1 cm³/mol. The Labute approximate surface area is 152 Å². The summed E-state index contributed by atoms with van der Waals surface area (Å²) in [6, 6.07) is 15.1. The Hall–Kier alpha value is -1.98. The van der Waals surface area contributed by atoms with Crippen LogP contribution < -0.4 is 5.32 Å². The van der Waals surface area contributed by atoms with Gasteiger partial charge in [0.1, 0.15) is 5.75 Å². The van der Waals surface area contributed by atoms with Crippen LogP contribution in [0.4, 0.5) is 0 Å². The quantitative estimate of drug-likeness (QED) is 0.884. The highest BCUT2D eigenvalue weighted by Crippen LogP contribution is 2.30. The third kappa shape index (κ3) is 3.99. The first-order valence-electron chi connectivity index (χ1n) is 8.76. The van der Waals surface area contributed by atoms with Gasteiger partial charge in [-0.1, -0.05) is 17.8 Å². The fraction of sp³-hybridized carbons (Fsp3) is 0.350. The molecule has 2 N–H and O–H groups in total. The summed E-state index contributed by atoms with van der Waals surface area (Å²) in [7, 11) is 0. The van der Waals surface area contributed by atoms with Crippen LogP contribution in [0, 0.1) is 5.92 Å². The van der Waals surface area contributed by atoms with E-state index in [1.54, 1.807) is 23.9 Å². The number of rotatable bonds is 4. The normalized spacial score (nSPS) is 24.9. The lowest BCUT2D eigenvalue weighted by molar-refractivity contribution is 0.0909. The van der Waals surface area contributed by atoms with E-state index in [1.807, 2.05) is 36.4 Å². The molecule has 0 aromatic heterocycles. The molecular formula is C20H22N2O2S. The minimum absolute atomic E-state index is 0.0152. The summed E-state index contributed by atoms with van der Waals surface area (Å²) in [6.45, 7) is 3.36. The number of benzene rings is 2. The Morgan fingerprint density at radius 3 is 2.72 bits per heavy atom. The zero-order valence-electron chi connectivity index (χ0n) is 14.0. The van der Waals surface area contributed by atoms with E-state index in [9.17, 15) is 9.90 Å². The number of nitrogens with zero attached hydrogens (tertiary/aromatic N) is 1. The standard InChI is InChI=1S/C20H22N2O2S/c23-17-2-1-3-19(11-17)25-18-6-4-15(5-7-18)20(24)21-16-10-14-8-9-22(12-14)13-16/h1-7,11,14,16,23H,8-10,12-13H2,(H,21,24)/t14-,16+/m0/s1. The molecule has 2 saturated heterocycles. The minimum atomic E-state index is 0.0152. The van der Waals surface area contributed by atoms with Gasteiger partial charge >= 0.3 is 0 Å². The van der Waals surface area contributed by atoms with Gasteiger partial charge in [-0.3, -0.25) is 4.79 Å². The van der Waals surface area contributed by atoms with E-state index in [4.69, 9.17) is 0 Å². The summed E-state index contributed by atoms with van der Waals surface area (Å²) in [5, 5.41) is 12.7. The molecule has 2 heterocycles. The molecule has 0 aliphatic carbocycles. The Morgan fingerprint density at radius 2 is 1.96 bits per heavy atom. The molecule has 3 atom stereocenters. The maximum atomic E-state index is 12.5. The monoisotopic (exact) mass is 354 g/mol. The molecular weight excluding hydrogens is 332 g/mol. The number of carbonyl (C=O) groups excluding carboxylic acids is 1. The lowest BCUT2D eigenvalue weighted by Crippen LogP contribution is -2.47. The van der Waals surface area contributed by atoms with Crippen LogP contribution in [0.25, 0.3) is 0 Å². The number of phenols is 1. The van der Waals surface area contributed by atoms with E-state index < -0.39 is 0 Å². The van der Waals surface area contributed by atoms with Crippen molar-refractivity contribution in [3.05, 3.63) is 54.1 Å². The average Bonchev–Trinajstić information content (AvgIpc) is 2.94. The second-order valence-electron chi connectivity index (χ2n) is 6.94. The molecule has 1 unspecified atom stereocenters. The molecule has 0 spiro atoms. The first-order chi connectivity index (χ1) is 12.2. The van der Waals surface area contributed by atoms with Crippen LogP contribution in [-0.2, 0) is 0 Å². The minimum Gasteiger partial charge on any atom is -0.508 e. The summed E-state index contributed by atoms with van der Waals surface area (Å²) < 4.78 is 0. The van der Waals surface area contributed by atoms with Gasteiger partial charge in [-0.25, -0.2) is 0 Å². The predicted octanol–water partition coefficient (Wildman–Crippen LogP) is 3.37. The summed E-state index contributed by atoms with van der Waals surface area (Å²) >= 11 is 1.57. The van der Waals surface area contributed by atoms with Crippen LogP contribution in [-0.4, -0.2) is 41.6 Å². The number of fused-ring (bicyclic) bond motifs is 2. The zero-order chi connectivity index (χ0) is 17.2. The molecule has 2 aliphatic rings. The van der Waals surface area contributed by atoms with E-state index in [1.165, 1.54) is 19.5 Å². The van der Waals surface area contributed by atoms with Gasteiger partial charge in [0, 0.05) is 34.5 Å². The molecule has 5 heteroatoms. The van der Waals surface area contributed by atoms with E-state index >= 15 is 0 Å². The summed E-state index contributed by atoms with van der Waals surface area (Å²) in [5.41, 5.74) is 0.702. The Morgan fingerprint density at radius 1 is 1.12 bits per heavy atom. The van der Waals surface area contributed by atoms with E-state index in [-0.39, 0.29) is 17.7 Å². The molecule has 2 fully saturated rings. The smallest absolute Gasteiger partial charge is 0.251 e. The van der Waals surface area contributed by atoms with Gasteiger partial charge in [0.2, 0.25) is 0 Å². The maximum absolute atomic E-state index is 12.5. The average molecular weight is 354 g/mol. The zero-order valence-corrected chi connectivity index (χ0v) is 14.8. The Balaban J connectivity index is 1.37. The van der Waals surface area contributed by atoms with E-state index in [2.05, 4.69) is 10.2 Å². The van der Waals surface area contributed by atoms with E-state index in [0.29, 0.717) is 5.56 Å². The number of aromatic hydroxyl groups is 1. The molecule has 1 amide bonds. The summed E-state index contributed by atoms with van der Waals surface area (Å²) in [5.74, 6) is 1.03. The van der Waals surface area contributed by atoms with Crippen molar-refractivity contribution >= 4 is 17.7 Å². The van der Waals surface area contributed by atoms with Crippen molar-refractivity contribution in [3.8, 4) is 5.75 Å². The van der Waals surface area contributed by atoms with Crippen LogP contribution in [0.5, 0.6) is 5.75 Å². The summed E-state index contributed by atoms with van der Waals surface area (Å²) in [6.07, 6.45) is 2.38. The van der Waals surface area contributed by atoms with Crippen LogP contribution in [0.1, 0.15) is 23.2 Å². The number of piperidine rings is 1. The van der Waals surface area contributed by atoms with Crippen molar-refractivity contribution in [1.82, 2.24) is 10.2 Å². The number of phenolic OH excluding ortho intramolecular Hbond substituents is 1. The van der Waals surface area contributed by atoms with Crippen LogP contribution in [0.3, 0.4) is 0 Å². The van der Waals surface area contributed by atoms with Crippen LogP contribution in [0.2, 0.25) is 0 Å². The molecule has 2 aromatic carbocycles. The van der Waals surface area contributed by atoms with Gasteiger partial charge in [0.15, 0.2) is 0 Å². The molecule has 0 saturated carbocycles. The SMILES string of the molecule is O=C(N[C@@H]1C[C@@H]2CCN(C2)C1)c1ccc(Sc2cccc(O)c2)cc1. The van der Waals surface area contributed by atoms with Gasteiger partial charge in [-0.2, -0.15) is 0 Å². The second-order valence-corrected chi connectivity index (χ2v) is 8.09. The van der Waals surface area contributed by atoms with Gasteiger partial charge in [0.05, 0.1) is 0 Å². The molecule has 2 aromatic rings. The number of nitrogens with one attached hydrogen (secondary N) is 1. The van der Waals surface area contributed by atoms with Crippen molar-refractivity contribution in [2.75, 3.05) is 19.6 Å². The first kappa shape index (κ1) is 16.5. The van der Waals surface area contributed by atoms with Gasteiger partial charge in [0.25, 0.3) is 5.91 Å². The third-order valence-corrected chi connectivity index (χ3v) is 5.97. The number of hydrogen-bond donors (Lipinski definition) is 2. The number of carbonyl (C=O) groups is 1. The van der Waals surface area contributed by atoms with Gasteiger partial charge < -0.3 is 15.3 Å². The first-order valence-corrected chi connectivity index (χ1v) is 9.57. The van der Waals surface area contributed by atoms with Crippen molar-refractivity contribution in [3.63, 3.8) is 0 Å². The molecule has 2 bridgehead atoms. The number of amides is 1. The molecule has 4 nitrogen and oxygen atoms in total. The van der Waals surface area contributed by atoms with Crippen molar-refractivity contribution < 1.29 is 9.90 Å². The molecule has 4 rings (SSSR count). The summed E-state index contributed by atoms with van der Waals surface area (Å²) in [4.78, 5) is 17.0. The van der Waals surface area contributed by atoms with Gasteiger partial charge in [-0.15, -0.1) is 0 Å². The molecule has 130 valence electrons. The fourth-order valence-corrected chi connectivity index (χ4v) is 4.66. The Bertz CT molecular complexity index is 751. The molecule has 25 heavy (non-hydrogen) atoms.